The van der Waals surface area contributed by atoms with Crippen LogP contribution in [0, 0.1) is 5.92 Å². The van der Waals surface area contributed by atoms with Crippen LogP contribution in [0.25, 0.3) is 0 Å². The highest BCUT2D eigenvalue weighted by Gasteiger charge is 2.48. The molecule has 12 nitrogen and oxygen atoms in total. The SMILES string of the molecule is COc1c(OCNCCC(C)C)ccc2c1O[C@H]1c3ccc(O[C@@H]4O[C@H](C(=O)O)[C@@H](O)[C@H](O)[C@H]4O)cc3OC[C@@H]21. The first-order chi connectivity index (χ1) is 19.2. The molecule has 0 aliphatic carbocycles. The summed E-state index contributed by atoms with van der Waals surface area (Å²) in [4.78, 5) is 11.4. The minimum atomic E-state index is -1.80. The summed E-state index contributed by atoms with van der Waals surface area (Å²) in [5.41, 5.74) is 1.71. The molecule has 2 aromatic carbocycles. The number of ether oxygens (including phenoxy) is 6. The van der Waals surface area contributed by atoms with E-state index < -0.39 is 36.7 Å². The molecule has 3 aliphatic heterocycles. The largest absolute Gasteiger partial charge is 0.492 e. The number of benzene rings is 2. The number of rotatable bonds is 10. The summed E-state index contributed by atoms with van der Waals surface area (Å²) < 4.78 is 34.9. The Balaban J connectivity index is 1.30. The first-order valence-electron chi connectivity index (χ1n) is 13.3. The fourth-order valence-electron chi connectivity index (χ4n) is 5.11. The van der Waals surface area contributed by atoms with E-state index in [4.69, 9.17) is 28.4 Å². The molecule has 0 aromatic heterocycles. The molecule has 1 saturated heterocycles. The first kappa shape index (κ1) is 28.2. The molecular weight excluding hydrogens is 526 g/mol. The van der Waals surface area contributed by atoms with Crippen molar-refractivity contribution in [1.29, 1.82) is 0 Å². The third kappa shape index (κ3) is 5.37. The lowest BCUT2D eigenvalue weighted by Crippen LogP contribution is -2.61. The quantitative estimate of drug-likeness (QED) is 0.210. The van der Waals surface area contributed by atoms with E-state index in [1.165, 1.54) is 0 Å². The Hall–Kier alpha value is -3.29. The van der Waals surface area contributed by atoms with E-state index in [1.54, 1.807) is 25.3 Å². The molecule has 0 radical (unpaired) electrons. The number of aliphatic carboxylic acids is 1. The molecule has 7 atom stereocenters. The van der Waals surface area contributed by atoms with Crippen LogP contribution in [0.4, 0.5) is 0 Å². The smallest absolute Gasteiger partial charge is 0.335 e. The predicted molar refractivity (Wildman–Crippen MR) is 139 cm³/mol. The second-order valence-electron chi connectivity index (χ2n) is 10.5. The van der Waals surface area contributed by atoms with Gasteiger partial charge in [0.2, 0.25) is 12.0 Å². The maximum atomic E-state index is 11.4. The highest BCUT2D eigenvalue weighted by atomic mass is 16.7. The number of hydrogen-bond acceptors (Lipinski definition) is 11. The summed E-state index contributed by atoms with van der Waals surface area (Å²) in [6.45, 7) is 5.85. The van der Waals surface area contributed by atoms with E-state index in [9.17, 15) is 25.2 Å². The second kappa shape index (κ2) is 11.7. The highest BCUT2D eigenvalue weighted by Crippen LogP contribution is 2.56. The molecular formula is C28H35NO11. The summed E-state index contributed by atoms with van der Waals surface area (Å²) in [6.07, 6.45) is -7.84. The Morgan fingerprint density at radius 1 is 1.10 bits per heavy atom. The van der Waals surface area contributed by atoms with Gasteiger partial charge in [-0.2, -0.15) is 0 Å². The average Bonchev–Trinajstić information content (AvgIpc) is 3.31. The molecule has 3 heterocycles. The third-order valence-electron chi connectivity index (χ3n) is 7.32. The van der Waals surface area contributed by atoms with Gasteiger partial charge in [-0.25, -0.2) is 4.79 Å². The van der Waals surface area contributed by atoms with Crippen LogP contribution in [-0.2, 0) is 9.53 Å². The van der Waals surface area contributed by atoms with Crippen molar-refractivity contribution in [1.82, 2.24) is 5.32 Å². The molecule has 5 rings (SSSR count). The zero-order valence-corrected chi connectivity index (χ0v) is 22.5. The molecule has 0 spiro atoms. The average molecular weight is 562 g/mol. The Kier molecular flexibility index (Phi) is 8.24. The minimum Gasteiger partial charge on any atom is -0.492 e. The lowest BCUT2D eigenvalue weighted by Gasteiger charge is -2.38. The van der Waals surface area contributed by atoms with E-state index >= 15 is 0 Å². The van der Waals surface area contributed by atoms with E-state index in [0.717, 1.165) is 24.1 Å². The molecule has 40 heavy (non-hydrogen) atoms. The third-order valence-corrected chi connectivity index (χ3v) is 7.32. The van der Waals surface area contributed by atoms with Gasteiger partial charge < -0.3 is 48.8 Å². The van der Waals surface area contributed by atoms with E-state index in [1.807, 2.05) is 12.1 Å². The highest BCUT2D eigenvalue weighted by molar-refractivity contribution is 5.73. The molecule has 12 heteroatoms. The second-order valence-corrected chi connectivity index (χ2v) is 10.5. The van der Waals surface area contributed by atoms with Crippen molar-refractivity contribution in [3.8, 4) is 28.7 Å². The number of carboxylic acid groups (broad SMARTS) is 1. The maximum Gasteiger partial charge on any atom is 0.335 e. The molecule has 5 N–H and O–H groups in total. The van der Waals surface area contributed by atoms with Crippen molar-refractivity contribution in [2.45, 2.75) is 63.0 Å². The lowest BCUT2D eigenvalue weighted by atomic mass is 9.89. The van der Waals surface area contributed by atoms with Crippen LogP contribution >= 0.6 is 0 Å². The number of aliphatic hydroxyl groups excluding tert-OH is 3. The molecule has 3 aliphatic rings. The number of fused-ring (bicyclic) bond motifs is 5. The van der Waals surface area contributed by atoms with Gasteiger partial charge in [0.1, 0.15) is 42.6 Å². The first-order valence-corrected chi connectivity index (χ1v) is 13.3. The van der Waals surface area contributed by atoms with E-state index in [0.29, 0.717) is 42.3 Å². The standard InChI is InChI=1S/C28H35NO11/c1-13(2)8-9-29-12-37-18-7-6-15-17-11-36-19-10-14(4-5-16(19)23(17)39-24(15)25(18)35-3)38-28-22(32)20(30)21(31)26(40-28)27(33)34/h4-7,10,13,17,20-23,26,28-32H,8-9,11-12H2,1-3H3,(H,33,34)/t17-,20-,21-,22+,23-,26-,28+/m0/s1. The van der Waals surface area contributed by atoms with Crippen molar-refractivity contribution < 1.29 is 53.6 Å². The van der Waals surface area contributed by atoms with Gasteiger partial charge >= 0.3 is 5.97 Å². The topological polar surface area (TPSA) is 165 Å². The Morgan fingerprint density at radius 2 is 1.88 bits per heavy atom. The predicted octanol–water partition coefficient (Wildman–Crippen LogP) is 1.55. The number of carboxylic acids is 1. The molecule has 1 fully saturated rings. The fourth-order valence-corrected chi connectivity index (χ4v) is 5.11. The van der Waals surface area contributed by atoms with Crippen LogP contribution in [0.1, 0.15) is 43.4 Å². The van der Waals surface area contributed by atoms with Crippen LogP contribution in [0.5, 0.6) is 28.7 Å². The summed E-state index contributed by atoms with van der Waals surface area (Å²) >= 11 is 0. The Labute approximate surface area is 231 Å². The van der Waals surface area contributed by atoms with Crippen molar-refractivity contribution in [3.05, 3.63) is 41.5 Å². The Bertz CT molecular complexity index is 1220. The number of nitrogens with one attached hydrogen (secondary N) is 1. The molecule has 2 aromatic rings. The van der Waals surface area contributed by atoms with Crippen LogP contribution in [0.15, 0.2) is 30.3 Å². The van der Waals surface area contributed by atoms with Crippen molar-refractivity contribution in [2.24, 2.45) is 5.92 Å². The molecule has 0 amide bonds. The van der Waals surface area contributed by atoms with Gasteiger partial charge in [-0.15, -0.1) is 0 Å². The molecule has 0 bridgehead atoms. The number of methoxy groups -OCH3 is 1. The number of carbonyl (C=O) groups is 1. The zero-order chi connectivity index (χ0) is 28.6. The summed E-state index contributed by atoms with van der Waals surface area (Å²) in [6, 6.07) is 8.76. The van der Waals surface area contributed by atoms with Gasteiger partial charge in [-0.05, 0) is 37.1 Å². The summed E-state index contributed by atoms with van der Waals surface area (Å²) in [7, 11) is 1.57. The van der Waals surface area contributed by atoms with Crippen LogP contribution in [-0.4, -0.2) is 84.1 Å². The van der Waals surface area contributed by atoms with Crippen LogP contribution in [0.3, 0.4) is 0 Å². The number of hydrogen-bond donors (Lipinski definition) is 5. The zero-order valence-electron chi connectivity index (χ0n) is 22.5. The van der Waals surface area contributed by atoms with Crippen LogP contribution in [0.2, 0.25) is 0 Å². The van der Waals surface area contributed by atoms with Gasteiger partial charge in [-0.3, -0.25) is 5.32 Å². The molecule has 0 unspecified atom stereocenters. The minimum absolute atomic E-state index is 0.0853. The molecule has 0 saturated carbocycles. The van der Waals surface area contributed by atoms with Gasteiger partial charge in [0.15, 0.2) is 17.6 Å². The van der Waals surface area contributed by atoms with Crippen molar-refractivity contribution >= 4 is 5.97 Å². The van der Waals surface area contributed by atoms with Gasteiger partial charge in [0, 0.05) is 17.2 Å². The molecule has 218 valence electrons. The monoisotopic (exact) mass is 561 g/mol. The van der Waals surface area contributed by atoms with Crippen molar-refractivity contribution in [2.75, 3.05) is 27.0 Å². The fraction of sp³-hybridized carbons (Fsp3) is 0.536. The van der Waals surface area contributed by atoms with E-state index in [-0.39, 0.29) is 17.8 Å². The van der Waals surface area contributed by atoms with Crippen molar-refractivity contribution in [3.63, 3.8) is 0 Å². The number of aliphatic hydroxyl groups is 3. The van der Waals surface area contributed by atoms with Gasteiger partial charge in [0.25, 0.3) is 0 Å². The van der Waals surface area contributed by atoms with Crippen LogP contribution < -0.4 is 29.0 Å². The maximum absolute atomic E-state index is 11.4. The lowest BCUT2D eigenvalue weighted by molar-refractivity contribution is -0.271. The van der Waals surface area contributed by atoms with Gasteiger partial charge in [0.05, 0.1) is 19.6 Å². The van der Waals surface area contributed by atoms with E-state index in [2.05, 4.69) is 19.2 Å². The normalized spacial score (nSPS) is 28.5. The summed E-state index contributed by atoms with van der Waals surface area (Å²) in [5.74, 6) is 1.40. The van der Waals surface area contributed by atoms with Gasteiger partial charge in [-0.1, -0.05) is 19.9 Å². The Morgan fingerprint density at radius 3 is 2.60 bits per heavy atom. The summed E-state index contributed by atoms with van der Waals surface area (Å²) in [5, 5.41) is 42.8.